The maximum Gasteiger partial charge on any atom is 0.296 e. The highest BCUT2D eigenvalue weighted by Gasteiger charge is 2.17. The largest absolute Gasteiger partial charge is 0.496 e. The van der Waals surface area contributed by atoms with Crippen molar-refractivity contribution in [1.82, 2.24) is 15.2 Å². The van der Waals surface area contributed by atoms with Crippen LogP contribution in [0.1, 0.15) is 15.9 Å². The van der Waals surface area contributed by atoms with Crippen LogP contribution in [0.2, 0.25) is 0 Å². The van der Waals surface area contributed by atoms with Gasteiger partial charge in [0.15, 0.2) is 0 Å². The number of aromatic nitrogens is 3. The highest BCUT2D eigenvalue weighted by molar-refractivity contribution is 9.10. The molecule has 0 atom stereocenters. The number of nitrogens with zero attached hydrogens (tertiary/aromatic N) is 3. The summed E-state index contributed by atoms with van der Waals surface area (Å²) in [4.78, 5) is 17.0. The molecule has 0 radical (unpaired) electrons. The molecule has 4 rings (SSSR count). The van der Waals surface area contributed by atoms with Crippen LogP contribution in [0.25, 0.3) is 11.1 Å². The molecule has 2 aromatic heterocycles. The Morgan fingerprint density at radius 1 is 1.06 bits per heavy atom. The van der Waals surface area contributed by atoms with E-state index in [4.69, 9.17) is 9.47 Å². The summed E-state index contributed by atoms with van der Waals surface area (Å²) in [5.74, 6) is 0.326. The number of para-hydroxylation sites is 1. The fraction of sp³-hybridized carbons (Fsp3) is 0.0909. The molecule has 9 heteroatoms. The summed E-state index contributed by atoms with van der Waals surface area (Å²) in [5.41, 5.74) is 2.91. The molecule has 1 amide bonds. The molecule has 7 nitrogen and oxygen atoms in total. The average Bonchev–Trinajstić information content (AvgIpc) is 3.26. The van der Waals surface area contributed by atoms with Gasteiger partial charge in [0.05, 0.1) is 12.7 Å². The molecule has 0 aliphatic heterocycles. The Balaban J connectivity index is 1.48. The lowest BCUT2D eigenvalue weighted by atomic mass is 10.0. The number of anilines is 1. The number of nitrogens with one attached hydrogen (secondary N) is 1. The quantitative estimate of drug-likeness (QED) is 0.378. The van der Waals surface area contributed by atoms with Crippen molar-refractivity contribution in [2.24, 2.45) is 0 Å². The SMILES string of the molecule is COc1ccccc1-c1ccncc1C(=O)Nc1nnc(OCc2ccc(Br)cc2)s1. The maximum absolute atomic E-state index is 12.9. The van der Waals surface area contributed by atoms with Crippen molar-refractivity contribution in [3.63, 3.8) is 0 Å². The van der Waals surface area contributed by atoms with Crippen LogP contribution in [0.4, 0.5) is 5.13 Å². The fourth-order valence-electron chi connectivity index (χ4n) is 2.89. The number of benzene rings is 2. The van der Waals surface area contributed by atoms with E-state index in [9.17, 15) is 4.79 Å². The van der Waals surface area contributed by atoms with Crippen LogP contribution in [-0.4, -0.2) is 28.2 Å². The third kappa shape index (κ3) is 5.07. The van der Waals surface area contributed by atoms with Gasteiger partial charge in [-0.15, -0.1) is 5.10 Å². The van der Waals surface area contributed by atoms with Gasteiger partial charge >= 0.3 is 0 Å². The van der Waals surface area contributed by atoms with Crippen LogP contribution < -0.4 is 14.8 Å². The number of ether oxygens (including phenoxy) is 2. The van der Waals surface area contributed by atoms with Crippen molar-refractivity contribution in [3.05, 3.63) is 82.6 Å². The second-order valence-corrected chi connectivity index (χ2v) is 8.22. The van der Waals surface area contributed by atoms with Gasteiger partial charge in [-0.25, -0.2) is 0 Å². The van der Waals surface area contributed by atoms with Gasteiger partial charge in [-0.3, -0.25) is 15.1 Å². The first-order chi connectivity index (χ1) is 15.1. The average molecular weight is 497 g/mol. The third-order valence-corrected chi connectivity index (χ3v) is 5.65. The van der Waals surface area contributed by atoms with Crippen LogP contribution >= 0.6 is 27.3 Å². The summed E-state index contributed by atoms with van der Waals surface area (Å²) in [6, 6.07) is 17.1. The zero-order valence-corrected chi connectivity index (χ0v) is 18.8. The van der Waals surface area contributed by atoms with Crippen LogP contribution in [0.3, 0.4) is 0 Å². The zero-order valence-electron chi connectivity index (χ0n) is 16.4. The monoisotopic (exact) mass is 496 g/mol. The first-order valence-electron chi connectivity index (χ1n) is 9.23. The normalized spacial score (nSPS) is 10.5. The van der Waals surface area contributed by atoms with Crippen molar-refractivity contribution in [2.45, 2.75) is 6.61 Å². The Kier molecular flexibility index (Phi) is 6.54. The van der Waals surface area contributed by atoms with E-state index >= 15 is 0 Å². The highest BCUT2D eigenvalue weighted by Crippen LogP contribution is 2.32. The van der Waals surface area contributed by atoms with E-state index in [1.54, 1.807) is 19.4 Å². The summed E-state index contributed by atoms with van der Waals surface area (Å²) in [7, 11) is 1.59. The van der Waals surface area contributed by atoms with E-state index < -0.39 is 0 Å². The number of methoxy groups -OCH3 is 1. The number of rotatable bonds is 7. The summed E-state index contributed by atoms with van der Waals surface area (Å²) in [6.07, 6.45) is 3.15. The summed E-state index contributed by atoms with van der Waals surface area (Å²) < 4.78 is 12.1. The number of halogens is 1. The van der Waals surface area contributed by atoms with E-state index in [0.717, 1.165) is 26.9 Å². The Bertz CT molecular complexity index is 1200. The fourth-order valence-corrected chi connectivity index (χ4v) is 3.74. The number of carbonyl (C=O) groups is 1. The van der Waals surface area contributed by atoms with Crippen molar-refractivity contribution >= 4 is 38.3 Å². The number of hydrogen-bond donors (Lipinski definition) is 1. The van der Waals surface area contributed by atoms with Crippen LogP contribution in [0, 0.1) is 0 Å². The topological polar surface area (TPSA) is 86.2 Å². The maximum atomic E-state index is 12.9. The minimum Gasteiger partial charge on any atom is -0.496 e. The molecule has 2 heterocycles. The summed E-state index contributed by atoms with van der Waals surface area (Å²) in [5, 5.41) is 11.5. The number of pyridine rings is 1. The minimum atomic E-state index is -0.343. The van der Waals surface area contributed by atoms with Gasteiger partial charge in [-0.05, 0) is 41.2 Å². The smallest absolute Gasteiger partial charge is 0.296 e. The molecule has 156 valence electrons. The van der Waals surface area contributed by atoms with E-state index in [2.05, 4.69) is 36.4 Å². The molecule has 31 heavy (non-hydrogen) atoms. The lowest BCUT2D eigenvalue weighted by Gasteiger charge is -2.11. The van der Waals surface area contributed by atoms with Gasteiger partial charge in [0.2, 0.25) is 5.13 Å². The predicted molar refractivity (Wildman–Crippen MR) is 123 cm³/mol. The Hall–Kier alpha value is -3.30. The Morgan fingerprint density at radius 2 is 1.87 bits per heavy atom. The second kappa shape index (κ2) is 9.67. The minimum absolute atomic E-state index is 0.339. The van der Waals surface area contributed by atoms with Crippen LogP contribution in [0.15, 0.2) is 71.5 Å². The van der Waals surface area contributed by atoms with Crippen molar-refractivity contribution in [3.8, 4) is 22.1 Å². The molecule has 0 saturated heterocycles. The summed E-state index contributed by atoms with van der Waals surface area (Å²) >= 11 is 4.56. The number of carbonyl (C=O) groups excluding carboxylic acids is 1. The molecule has 4 aromatic rings. The molecule has 0 spiro atoms. The van der Waals surface area contributed by atoms with Gasteiger partial charge in [-0.2, -0.15) is 0 Å². The molecular weight excluding hydrogens is 480 g/mol. The van der Waals surface area contributed by atoms with Gasteiger partial charge in [0.1, 0.15) is 12.4 Å². The Morgan fingerprint density at radius 3 is 2.68 bits per heavy atom. The van der Waals surface area contributed by atoms with Crippen LogP contribution in [-0.2, 0) is 6.61 Å². The standard InChI is InChI=1S/C22H17BrN4O3S/c1-29-19-5-3-2-4-17(19)16-10-11-24-12-18(16)20(28)25-21-26-27-22(31-21)30-13-14-6-8-15(23)9-7-14/h2-12H,13H2,1H3,(H,25,26,28). The number of amides is 1. The molecule has 0 unspecified atom stereocenters. The van der Waals surface area contributed by atoms with Gasteiger partial charge in [0.25, 0.3) is 11.1 Å². The first-order valence-corrected chi connectivity index (χ1v) is 10.8. The molecule has 1 N–H and O–H groups in total. The van der Waals surface area contributed by atoms with Crippen LogP contribution in [0.5, 0.6) is 10.9 Å². The lowest BCUT2D eigenvalue weighted by Crippen LogP contribution is -2.13. The van der Waals surface area contributed by atoms with Crippen molar-refractivity contribution in [1.29, 1.82) is 0 Å². The van der Waals surface area contributed by atoms with Gasteiger partial charge in [0, 0.05) is 28.0 Å². The molecule has 0 aliphatic carbocycles. The van der Waals surface area contributed by atoms with E-state index in [1.165, 1.54) is 6.20 Å². The van der Waals surface area contributed by atoms with Crippen molar-refractivity contribution < 1.29 is 14.3 Å². The van der Waals surface area contributed by atoms with E-state index in [-0.39, 0.29) is 5.91 Å². The van der Waals surface area contributed by atoms with E-state index in [1.807, 2.05) is 48.5 Å². The van der Waals surface area contributed by atoms with Crippen molar-refractivity contribution in [2.75, 3.05) is 12.4 Å². The Labute approximate surface area is 191 Å². The molecule has 0 bridgehead atoms. The molecule has 0 fully saturated rings. The highest BCUT2D eigenvalue weighted by atomic mass is 79.9. The third-order valence-electron chi connectivity index (χ3n) is 4.37. The first kappa shape index (κ1) is 21.0. The molecule has 2 aromatic carbocycles. The second-order valence-electron chi connectivity index (χ2n) is 6.36. The number of hydrogen-bond acceptors (Lipinski definition) is 7. The lowest BCUT2D eigenvalue weighted by molar-refractivity contribution is 0.102. The molecule has 0 aliphatic rings. The van der Waals surface area contributed by atoms with E-state index in [0.29, 0.717) is 33.8 Å². The van der Waals surface area contributed by atoms with Gasteiger partial charge in [-0.1, -0.05) is 51.4 Å². The molecular formula is C22H17BrN4O3S. The zero-order chi connectivity index (χ0) is 21.6. The molecule has 0 saturated carbocycles. The van der Waals surface area contributed by atoms with Gasteiger partial charge < -0.3 is 9.47 Å². The summed E-state index contributed by atoms with van der Waals surface area (Å²) in [6.45, 7) is 0.358. The predicted octanol–water partition coefficient (Wildman–Crippen LogP) is 5.20.